The molecule has 2 rings (SSSR count). The van der Waals surface area contributed by atoms with Gasteiger partial charge in [0.05, 0.1) is 5.69 Å². The van der Waals surface area contributed by atoms with Gasteiger partial charge in [-0.15, -0.1) is 0 Å². The topological polar surface area (TPSA) is 48.1 Å². The lowest BCUT2D eigenvalue weighted by Crippen LogP contribution is -2.05. The number of nitrogens with two attached hydrogens (primary N) is 1. The van der Waals surface area contributed by atoms with Crippen molar-refractivity contribution in [1.29, 1.82) is 0 Å². The van der Waals surface area contributed by atoms with Gasteiger partial charge in [0.15, 0.2) is 0 Å². The highest BCUT2D eigenvalue weighted by molar-refractivity contribution is 5.30. The van der Waals surface area contributed by atoms with Gasteiger partial charge in [0, 0.05) is 11.7 Å². The van der Waals surface area contributed by atoms with E-state index in [9.17, 15) is 0 Å². The maximum absolute atomic E-state index is 5.84. The first kappa shape index (κ1) is 12.6. The van der Waals surface area contributed by atoms with Gasteiger partial charge in [-0.05, 0) is 43.7 Å². The maximum atomic E-state index is 5.84. The molecule has 3 heteroatoms. The lowest BCUT2D eigenvalue weighted by atomic mass is 10.1. The molecule has 18 heavy (non-hydrogen) atoms. The van der Waals surface area contributed by atoms with Gasteiger partial charge >= 0.3 is 0 Å². The van der Waals surface area contributed by atoms with Crippen molar-refractivity contribution in [3.05, 3.63) is 59.4 Å². The zero-order valence-electron chi connectivity index (χ0n) is 10.8. The van der Waals surface area contributed by atoms with E-state index in [1.165, 1.54) is 0 Å². The molecule has 1 heterocycles. The Kier molecular flexibility index (Phi) is 3.95. The van der Waals surface area contributed by atoms with Gasteiger partial charge in [-0.25, -0.2) is 0 Å². The Hall–Kier alpha value is -1.87. The van der Waals surface area contributed by atoms with Crippen LogP contribution in [0.5, 0.6) is 5.75 Å². The largest absolute Gasteiger partial charge is 0.487 e. The fraction of sp³-hybridized carbons (Fsp3) is 0.267. The molecule has 0 aliphatic rings. The summed E-state index contributed by atoms with van der Waals surface area (Å²) in [6, 6.07) is 13.8. The van der Waals surface area contributed by atoms with Crippen LogP contribution in [0.3, 0.4) is 0 Å². The Balaban J connectivity index is 2.04. The number of nitrogens with zero attached hydrogens (tertiary/aromatic N) is 1. The molecular formula is C15H18N2O. The SMILES string of the molecule is Cc1cccc(COc2cccc([C@@H](C)N)c2)n1. The Morgan fingerprint density at radius 1 is 1.22 bits per heavy atom. The second kappa shape index (κ2) is 5.65. The summed E-state index contributed by atoms with van der Waals surface area (Å²) in [6.07, 6.45) is 0. The highest BCUT2D eigenvalue weighted by Gasteiger charge is 2.02. The van der Waals surface area contributed by atoms with E-state index in [-0.39, 0.29) is 6.04 Å². The average Bonchev–Trinajstić information content (AvgIpc) is 2.37. The summed E-state index contributed by atoms with van der Waals surface area (Å²) in [4.78, 5) is 4.40. The minimum Gasteiger partial charge on any atom is -0.487 e. The van der Waals surface area contributed by atoms with Crippen LogP contribution >= 0.6 is 0 Å². The van der Waals surface area contributed by atoms with Gasteiger partial charge in [0.25, 0.3) is 0 Å². The van der Waals surface area contributed by atoms with E-state index in [0.29, 0.717) is 6.61 Å². The number of hydrogen-bond acceptors (Lipinski definition) is 3. The zero-order chi connectivity index (χ0) is 13.0. The summed E-state index contributed by atoms with van der Waals surface area (Å²) in [7, 11) is 0. The molecule has 3 nitrogen and oxygen atoms in total. The minimum absolute atomic E-state index is 0.0191. The number of rotatable bonds is 4. The van der Waals surface area contributed by atoms with E-state index in [1.54, 1.807) is 0 Å². The Morgan fingerprint density at radius 3 is 2.72 bits per heavy atom. The van der Waals surface area contributed by atoms with Gasteiger partial charge in [0.1, 0.15) is 12.4 Å². The summed E-state index contributed by atoms with van der Waals surface area (Å²) in [6.45, 7) is 4.41. The minimum atomic E-state index is 0.0191. The number of ether oxygens (including phenoxy) is 1. The highest BCUT2D eigenvalue weighted by Crippen LogP contribution is 2.18. The van der Waals surface area contributed by atoms with Crippen molar-refractivity contribution in [3.8, 4) is 5.75 Å². The second-order valence-corrected chi connectivity index (χ2v) is 4.42. The zero-order valence-corrected chi connectivity index (χ0v) is 10.8. The lowest BCUT2D eigenvalue weighted by molar-refractivity contribution is 0.300. The molecule has 0 saturated heterocycles. The predicted octanol–water partition coefficient (Wildman–Crippen LogP) is 2.99. The first-order chi connectivity index (χ1) is 8.65. The van der Waals surface area contributed by atoms with Crippen molar-refractivity contribution in [2.45, 2.75) is 26.5 Å². The number of aromatic nitrogens is 1. The van der Waals surface area contributed by atoms with Gasteiger partial charge < -0.3 is 10.5 Å². The van der Waals surface area contributed by atoms with Crippen LogP contribution in [0, 0.1) is 6.92 Å². The van der Waals surface area contributed by atoms with Crippen molar-refractivity contribution in [2.24, 2.45) is 5.73 Å². The third-order valence-electron chi connectivity index (χ3n) is 2.72. The molecule has 1 aromatic heterocycles. The van der Waals surface area contributed by atoms with Gasteiger partial charge in [-0.1, -0.05) is 18.2 Å². The van der Waals surface area contributed by atoms with E-state index in [1.807, 2.05) is 56.3 Å². The lowest BCUT2D eigenvalue weighted by Gasteiger charge is -2.10. The first-order valence-electron chi connectivity index (χ1n) is 6.06. The van der Waals surface area contributed by atoms with Crippen LogP contribution in [-0.4, -0.2) is 4.98 Å². The molecule has 0 amide bonds. The number of pyridine rings is 1. The van der Waals surface area contributed by atoms with Gasteiger partial charge in [-0.2, -0.15) is 0 Å². The maximum Gasteiger partial charge on any atom is 0.130 e. The van der Waals surface area contributed by atoms with E-state index >= 15 is 0 Å². The molecular weight excluding hydrogens is 224 g/mol. The van der Waals surface area contributed by atoms with E-state index in [2.05, 4.69) is 4.98 Å². The van der Waals surface area contributed by atoms with Crippen LogP contribution in [-0.2, 0) is 6.61 Å². The third kappa shape index (κ3) is 3.31. The number of aryl methyl sites for hydroxylation is 1. The summed E-state index contributed by atoms with van der Waals surface area (Å²) in [5, 5.41) is 0. The molecule has 0 unspecified atom stereocenters. The van der Waals surface area contributed by atoms with Crippen molar-refractivity contribution in [2.75, 3.05) is 0 Å². The van der Waals surface area contributed by atoms with Crippen LogP contribution in [0.25, 0.3) is 0 Å². The fourth-order valence-electron chi connectivity index (χ4n) is 1.72. The summed E-state index contributed by atoms with van der Waals surface area (Å²) >= 11 is 0. The average molecular weight is 242 g/mol. The van der Waals surface area contributed by atoms with Crippen LogP contribution in [0.15, 0.2) is 42.5 Å². The van der Waals surface area contributed by atoms with Crippen molar-refractivity contribution >= 4 is 0 Å². The van der Waals surface area contributed by atoms with Crippen LogP contribution in [0.4, 0.5) is 0 Å². The molecule has 0 aliphatic carbocycles. The molecule has 2 aromatic rings. The quantitative estimate of drug-likeness (QED) is 0.896. The first-order valence-corrected chi connectivity index (χ1v) is 6.06. The molecule has 2 N–H and O–H groups in total. The van der Waals surface area contributed by atoms with E-state index in [0.717, 1.165) is 22.7 Å². The highest BCUT2D eigenvalue weighted by atomic mass is 16.5. The van der Waals surface area contributed by atoms with Gasteiger partial charge in [-0.3, -0.25) is 4.98 Å². The van der Waals surface area contributed by atoms with E-state index in [4.69, 9.17) is 10.5 Å². The van der Waals surface area contributed by atoms with Crippen molar-refractivity contribution in [3.63, 3.8) is 0 Å². The number of hydrogen-bond donors (Lipinski definition) is 1. The number of benzene rings is 1. The Bertz CT molecular complexity index is 523. The third-order valence-corrected chi connectivity index (χ3v) is 2.72. The Morgan fingerprint density at radius 2 is 2.00 bits per heavy atom. The van der Waals surface area contributed by atoms with Gasteiger partial charge in [0.2, 0.25) is 0 Å². The monoisotopic (exact) mass is 242 g/mol. The summed E-state index contributed by atoms with van der Waals surface area (Å²) < 4.78 is 5.72. The second-order valence-electron chi connectivity index (χ2n) is 4.42. The van der Waals surface area contributed by atoms with Crippen molar-refractivity contribution in [1.82, 2.24) is 4.98 Å². The summed E-state index contributed by atoms with van der Waals surface area (Å²) in [5.41, 5.74) is 8.85. The van der Waals surface area contributed by atoms with Crippen molar-refractivity contribution < 1.29 is 4.74 Å². The van der Waals surface area contributed by atoms with Crippen LogP contribution in [0.1, 0.15) is 29.9 Å². The molecule has 0 radical (unpaired) electrons. The van der Waals surface area contributed by atoms with Crippen LogP contribution < -0.4 is 10.5 Å². The molecule has 1 atom stereocenters. The summed E-state index contributed by atoms with van der Waals surface area (Å²) in [5.74, 6) is 0.827. The molecule has 0 bridgehead atoms. The van der Waals surface area contributed by atoms with Crippen LogP contribution in [0.2, 0.25) is 0 Å². The standard InChI is InChI=1S/C15H18N2O/c1-11-5-3-7-14(17-11)10-18-15-8-4-6-13(9-15)12(2)16/h3-9,12H,10,16H2,1-2H3/t12-/m1/s1. The molecule has 0 aliphatic heterocycles. The van der Waals surface area contributed by atoms with E-state index < -0.39 is 0 Å². The molecule has 0 saturated carbocycles. The molecule has 0 spiro atoms. The Labute approximate surface area is 108 Å². The molecule has 0 fully saturated rings. The fourth-order valence-corrected chi connectivity index (χ4v) is 1.72. The molecule has 94 valence electrons. The molecule has 1 aromatic carbocycles. The predicted molar refractivity (Wildman–Crippen MR) is 72.4 cm³/mol. The normalized spacial score (nSPS) is 12.2. The smallest absolute Gasteiger partial charge is 0.130 e.